The highest BCUT2D eigenvalue weighted by molar-refractivity contribution is 5.94. The summed E-state index contributed by atoms with van der Waals surface area (Å²) in [5.74, 6) is -0.922. The van der Waals surface area contributed by atoms with Crippen LogP contribution in [0.15, 0.2) is 49.2 Å². The van der Waals surface area contributed by atoms with Gasteiger partial charge in [0.25, 0.3) is 5.91 Å². The standard InChI is InChI=1S/C25H29F3N8O3/c1-29-24(37)18-8-17(9-20(10-18)39-25(26,27)28)13-30-4-2-3-6-38-7-5-31-22-11-19(36-15-33-34-16-36)12-23-21(22)14-32-35-23/h8-12,14-16,30-31H,2-7,13H2,1H3,(H,29,37)(H,32,35). The number of alkyl halides is 3. The molecular formula is C25H29F3N8O3. The molecule has 39 heavy (non-hydrogen) atoms. The van der Waals surface area contributed by atoms with Crippen LogP contribution in [0.2, 0.25) is 0 Å². The van der Waals surface area contributed by atoms with E-state index in [-0.39, 0.29) is 5.56 Å². The van der Waals surface area contributed by atoms with Crippen molar-refractivity contribution in [2.24, 2.45) is 0 Å². The molecule has 0 bridgehead atoms. The zero-order valence-electron chi connectivity index (χ0n) is 21.2. The van der Waals surface area contributed by atoms with Crippen molar-refractivity contribution in [2.45, 2.75) is 25.7 Å². The Hall–Kier alpha value is -4.17. The smallest absolute Gasteiger partial charge is 0.406 e. The maximum atomic E-state index is 12.6. The summed E-state index contributed by atoms with van der Waals surface area (Å²) in [6.07, 6.45) is 1.80. The lowest BCUT2D eigenvalue weighted by Gasteiger charge is -2.13. The number of ether oxygens (including phenoxy) is 2. The number of rotatable bonds is 14. The number of amides is 1. The Balaban J connectivity index is 1.15. The lowest BCUT2D eigenvalue weighted by molar-refractivity contribution is -0.274. The van der Waals surface area contributed by atoms with Crippen LogP contribution >= 0.6 is 0 Å². The molecule has 4 aromatic rings. The average Bonchev–Trinajstić information content (AvgIpc) is 3.60. The molecule has 0 unspecified atom stereocenters. The minimum atomic E-state index is -4.84. The topological polar surface area (TPSA) is 131 Å². The number of nitrogens with zero attached hydrogens (tertiary/aromatic N) is 4. The lowest BCUT2D eigenvalue weighted by Crippen LogP contribution is -2.21. The van der Waals surface area contributed by atoms with Gasteiger partial charge in [0, 0.05) is 43.4 Å². The molecule has 11 nitrogen and oxygen atoms in total. The van der Waals surface area contributed by atoms with Crippen molar-refractivity contribution < 1.29 is 27.4 Å². The van der Waals surface area contributed by atoms with Crippen molar-refractivity contribution in [2.75, 3.05) is 38.7 Å². The first kappa shape index (κ1) is 27.9. The first-order valence-corrected chi connectivity index (χ1v) is 12.3. The van der Waals surface area contributed by atoms with E-state index in [0.29, 0.717) is 38.4 Å². The fourth-order valence-electron chi connectivity index (χ4n) is 3.94. The van der Waals surface area contributed by atoms with Crippen LogP contribution in [0.25, 0.3) is 16.6 Å². The monoisotopic (exact) mass is 546 g/mol. The molecule has 0 fully saturated rings. The van der Waals surface area contributed by atoms with Gasteiger partial charge < -0.3 is 25.4 Å². The van der Waals surface area contributed by atoms with Crippen LogP contribution < -0.4 is 20.7 Å². The predicted octanol–water partition coefficient (Wildman–Crippen LogP) is 3.40. The third kappa shape index (κ3) is 8.15. The highest BCUT2D eigenvalue weighted by Crippen LogP contribution is 2.26. The molecular weight excluding hydrogens is 517 g/mol. The second-order valence-electron chi connectivity index (χ2n) is 8.61. The van der Waals surface area contributed by atoms with Crippen LogP contribution in [-0.2, 0) is 11.3 Å². The number of unbranched alkanes of at least 4 members (excludes halogenated alkanes) is 1. The van der Waals surface area contributed by atoms with Gasteiger partial charge in [-0.2, -0.15) is 5.10 Å². The van der Waals surface area contributed by atoms with Crippen LogP contribution in [0, 0.1) is 0 Å². The van der Waals surface area contributed by atoms with E-state index < -0.39 is 18.0 Å². The number of aromatic amines is 1. The van der Waals surface area contributed by atoms with E-state index >= 15 is 0 Å². The molecule has 14 heteroatoms. The highest BCUT2D eigenvalue weighted by Gasteiger charge is 2.31. The molecule has 0 radical (unpaired) electrons. The lowest BCUT2D eigenvalue weighted by atomic mass is 10.1. The zero-order valence-corrected chi connectivity index (χ0v) is 21.2. The van der Waals surface area contributed by atoms with Gasteiger partial charge in [0.1, 0.15) is 18.4 Å². The van der Waals surface area contributed by atoms with E-state index in [9.17, 15) is 18.0 Å². The minimum absolute atomic E-state index is 0.0945. The number of hydrogen-bond donors (Lipinski definition) is 4. The number of anilines is 1. The van der Waals surface area contributed by atoms with E-state index in [0.717, 1.165) is 41.2 Å². The van der Waals surface area contributed by atoms with Gasteiger partial charge in [-0.3, -0.25) is 14.5 Å². The molecule has 0 atom stereocenters. The fourth-order valence-corrected chi connectivity index (χ4v) is 3.94. The second kappa shape index (κ2) is 13.1. The Morgan fingerprint density at radius 3 is 2.64 bits per heavy atom. The molecule has 2 aromatic carbocycles. The molecule has 0 saturated heterocycles. The van der Waals surface area contributed by atoms with Gasteiger partial charge in [-0.1, -0.05) is 0 Å². The van der Waals surface area contributed by atoms with E-state index in [1.165, 1.54) is 19.2 Å². The molecule has 1 amide bonds. The summed E-state index contributed by atoms with van der Waals surface area (Å²) in [5.41, 5.74) is 3.32. The van der Waals surface area contributed by atoms with Crippen molar-refractivity contribution in [3.63, 3.8) is 0 Å². The second-order valence-corrected chi connectivity index (χ2v) is 8.61. The third-order valence-corrected chi connectivity index (χ3v) is 5.73. The number of aromatic nitrogens is 5. The first-order valence-electron chi connectivity index (χ1n) is 12.3. The normalized spacial score (nSPS) is 11.6. The van der Waals surface area contributed by atoms with E-state index in [1.54, 1.807) is 18.9 Å². The number of halogens is 3. The molecule has 0 spiro atoms. The average molecular weight is 547 g/mol. The summed E-state index contributed by atoms with van der Waals surface area (Å²) in [5, 5.41) is 24.7. The Bertz CT molecular complexity index is 1360. The largest absolute Gasteiger partial charge is 0.573 e. The molecule has 0 aliphatic carbocycles. The van der Waals surface area contributed by atoms with Crippen LogP contribution in [0.5, 0.6) is 5.75 Å². The van der Waals surface area contributed by atoms with Gasteiger partial charge in [0.05, 0.1) is 24.0 Å². The van der Waals surface area contributed by atoms with Crippen molar-refractivity contribution in [1.82, 2.24) is 35.6 Å². The zero-order chi connectivity index (χ0) is 27.7. The quantitative estimate of drug-likeness (QED) is 0.177. The van der Waals surface area contributed by atoms with Gasteiger partial charge in [0.15, 0.2) is 0 Å². The van der Waals surface area contributed by atoms with Gasteiger partial charge in [-0.25, -0.2) is 0 Å². The summed E-state index contributed by atoms with van der Waals surface area (Å²) in [7, 11) is 1.41. The van der Waals surface area contributed by atoms with Crippen LogP contribution in [0.3, 0.4) is 0 Å². The Morgan fingerprint density at radius 1 is 1.05 bits per heavy atom. The molecule has 2 aromatic heterocycles. The van der Waals surface area contributed by atoms with Crippen molar-refractivity contribution >= 4 is 22.5 Å². The molecule has 4 rings (SSSR count). The Labute approximate surface area is 222 Å². The van der Waals surface area contributed by atoms with Gasteiger partial charge >= 0.3 is 6.36 Å². The van der Waals surface area contributed by atoms with Crippen molar-refractivity contribution in [1.29, 1.82) is 0 Å². The summed E-state index contributed by atoms with van der Waals surface area (Å²) in [6, 6.07) is 7.82. The maximum Gasteiger partial charge on any atom is 0.573 e. The van der Waals surface area contributed by atoms with Crippen LogP contribution in [0.1, 0.15) is 28.8 Å². The SMILES string of the molecule is CNC(=O)c1cc(CNCCCCOCCNc2cc(-n3cnnc3)cc3[nH]ncc23)cc(OC(F)(F)F)c1. The van der Waals surface area contributed by atoms with Crippen molar-refractivity contribution in [3.05, 3.63) is 60.3 Å². The Morgan fingerprint density at radius 2 is 1.87 bits per heavy atom. The van der Waals surface area contributed by atoms with Gasteiger partial charge in [-0.15, -0.1) is 23.4 Å². The summed E-state index contributed by atoms with van der Waals surface area (Å²) < 4.78 is 49.4. The third-order valence-electron chi connectivity index (χ3n) is 5.73. The summed E-state index contributed by atoms with van der Waals surface area (Å²) in [4.78, 5) is 11.9. The van der Waals surface area contributed by atoms with E-state index in [4.69, 9.17) is 4.74 Å². The van der Waals surface area contributed by atoms with Crippen LogP contribution in [0.4, 0.5) is 18.9 Å². The predicted molar refractivity (Wildman–Crippen MR) is 138 cm³/mol. The molecule has 0 aliphatic heterocycles. The first-order chi connectivity index (χ1) is 18.8. The maximum absolute atomic E-state index is 12.6. The number of hydrogen-bond acceptors (Lipinski definition) is 8. The number of nitrogens with one attached hydrogen (secondary N) is 4. The molecule has 208 valence electrons. The van der Waals surface area contributed by atoms with Gasteiger partial charge in [0.2, 0.25) is 0 Å². The minimum Gasteiger partial charge on any atom is -0.406 e. The number of H-pyrrole nitrogens is 1. The van der Waals surface area contributed by atoms with Crippen LogP contribution in [-0.4, -0.2) is 70.6 Å². The molecule has 0 saturated carbocycles. The Kier molecular flexibility index (Phi) is 9.33. The summed E-state index contributed by atoms with van der Waals surface area (Å²) in [6.45, 7) is 2.61. The number of benzene rings is 2. The number of carbonyl (C=O) groups is 1. The molecule has 0 aliphatic rings. The fraction of sp³-hybridized carbons (Fsp3) is 0.360. The molecule has 2 heterocycles. The van der Waals surface area contributed by atoms with Gasteiger partial charge in [-0.05, 0) is 55.3 Å². The number of fused-ring (bicyclic) bond motifs is 1. The van der Waals surface area contributed by atoms with E-state index in [1.807, 2.05) is 16.7 Å². The van der Waals surface area contributed by atoms with E-state index in [2.05, 4.69) is 41.1 Å². The highest BCUT2D eigenvalue weighted by atomic mass is 19.4. The van der Waals surface area contributed by atoms with Crippen molar-refractivity contribution in [3.8, 4) is 11.4 Å². The molecule has 4 N–H and O–H groups in total. The number of carbonyl (C=O) groups excluding carboxylic acids is 1. The summed E-state index contributed by atoms with van der Waals surface area (Å²) >= 11 is 0.